The van der Waals surface area contributed by atoms with Crippen LogP contribution in [-0.4, -0.2) is 32.3 Å². The first-order valence-electron chi connectivity index (χ1n) is 10.2. The van der Waals surface area contributed by atoms with E-state index in [0.29, 0.717) is 22.5 Å². The molecule has 2 N–H and O–H groups in total. The number of nitrogens with one attached hydrogen (secondary N) is 2. The van der Waals surface area contributed by atoms with Crippen molar-refractivity contribution in [1.82, 2.24) is 25.6 Å². The highest BCUT2D eigenvalue weighted by molar-refractivity contribution is 7.99. The molecule has 0 fully saturated rings. The number of benzene rings is 3. The first-order valence-corrected chi connectivity index (χ1v) is 11.6. The quantitative estimate of drug-likeness (QED) is 0.294. The minimum Gasteiger partial charge on any atom is -0.298 e. The zero-order valence-electron chi connectivity index (χ0n) is 17.7. The Morgan fingerprint density at radius 1 is 0.912 bits per heavy atom. The number of hydrogen-bond acceptors (Lipinski definition) is 5. The van der Waals surface area contributed by atoms with Crippen LogP contribution in [0.5, 0.6) is 0 Å². The minimum absolute atomic E-state index is 0.0366. The van der Waals surface area contributed by atoms with Gasteiger partial charge in [-0.3, -0.25) is 25.0 Å². The van der Waals surface area contributed by atoms with E-state index in [4.69, 9.17) is 11.6 Å². The van der Waals surface area contributed by atoms with Gasteiger partial charge in [-0.25, -0.2) is 4.39 Å². The second-order valence-electron chi connectivity index (χ2n) is 7.16. The van der Waals surface area contributed by atoms with E-state index in [1.807, 2.05) is 47.0 Å². The molecule has 10 heteroatoms. The molecule has 1 aromatic heterocycles. The minimum atomic E-state index is -0.742. The lowest BCUT2D eigenvalue weighted by molar-refractivity contribution is -0.119. The standard InChI is InChI=1S/C24H19ClFN5O2S/c25-18-12-10-17(11-13-18)22-28-30-24(31(22)14-16-6-2-1-3-7-16)34-15-21(32)27-29-23(33)19-8-4-5-9-20(19)26/h1-13H,14-15H2,(H,27,32)(H,29,33). The van der Waals surface area contributed by atoms with Crippen LogP contribution < -0.4 is 10.9 Å². The summed E-state index contributed by atoms with van der Waals surface area (Å²) < 4.78 is 15.6. The van der Waals surface area contributed by atoms with Crippen LogP contribution in [0.3, 0.4) is 0 Å². The summed E-state index contributed by atoms with van der Waals surface area (Å²) in [5.41, 5.74) is 6.23. The number of rotatable bonds is 7. The predicted octanol–water partition coefficient (Wildman–Crippen LogP) is 4.34. The molecular weight excluding hydrogens is 477 g/mol. The van der Waals surface area contributed by atoms with Gasteiger partial charge in [0.15, 0.2) is 11.0 Å². The van der Waals surface area contributed by atoms with Gasteiger partial charge in [0.25, 0.3) is 5.91 Å². The van der Waals surface area contributed by atoms with Gasteiger partial charge in [-0.2, -0.15) is 0 Å². The van der Waals surface area contributed by atoms with Crippen molar-refractivity contribution >= 4 is 35.2 Å². The maximum atomic E-state index is 13.7. The van der Waals surface area contributed by atoms with Gasteiger partial charge in [0, 0.05) is 10.6 Å². The van der Waals surface area contributed by atoms with Gasteiger partial charge in [0.2, 0.25) is 5.91 Å². The third-order valence-corrected chi connectivity index (χ3v) is 5.99. The van der Waals surface area contributed by atoms with Crippen LogP contribution in [0.1, 0.15) is 15.9 Å². The first-order chi connectivity index (χ1) is 16.5. The van der Waals surface area contributed by atoms with Crippen molar-refractivity contribution in [2.45, 2.75) is 11.7 Å². The molecule has 172 valence electrons. The Labute approximate surface area is 204 Å². The average Bonchev–Trinajstić information content (AvgIpc) is 3.25. The molecule has 0 saturated carbocycles. The summed E-state index contributed by atoms with van der Waals surface area (Å²) in [6.07, 6.45) is 0. The number of carbonyl (C=O) groups is 2. The van der Waals surface area contributed by atoms with Crippen LogP contribution in [0, 0.1) is 5.82 Å². The molecule has 0 atom stereocenters. The molecule has 34 heavy (non-hydrogen) atoms. The zero-order chi connectivity index (χ0) is 23.9. The summed E-state index contributed by atoms with van der Waals surface area (Å²) in [6, 6.07) is 22.6. The van der Waals surface area contributed by atoms with Gasteiger partial charge in [0.05, 0.1) is 17.9 Å². The Bertz CT molecular complexity index is 1300. The number of amides is 2. The van der Waals surface area contributed by atoms with Crippen LogP contribution in [-0.2, 0) is 11.3 Å². The fourth-order valence-electron chi connectivity index (χ4n) is 3.12. The Kier molecular flexibility index (Phi) is 7.56. The molecular formula is C24H19ClFN5O2S. The molecule has 1 heterocycles. The lowest BCUT2D eigenvalue weighted by Gasteiger charge is -2.11. The summed E-state index contributed by atoms with van der Waals surface area (Å²) in [4.78, 5) is 24.4. The lowest BCUT2D eigenvalue weighted by atomic mass is 10.2. The number of nitrogens with zero attached hydrogens (tertiary/aromatic N) is 3. The Balaban J connectivity index is 1.45. The van der Waals surface area contributed by atoms with Crippen molar-refractivity contribution in [3.8, 4) is 11.4 Å². The molecule has 0 radical (unpaired) electrons. The van der Waals surface area contributed by atoms with Gasteiger partial charge in [-0.05, 0) is 42.0 Å². The summed E-state index contributed by atoms with van der Waals surface area (Å²) in [7, 11) is 0. The molecule has 0 aliphatic carbocycles. The van der Waals surface area contributed by atoms with E-state index in [2.05, 4.69) is 21.0 Å². The van der Waals surface area contributed by atoms with Gasteiger partial charge >= 0.3 is 0 Å². The monoisotopic (exact) mass is 495 g/mol. The van der Waals surface area contributed by atoms with Crippen LogP contribution in [0.2, 0.25) is 5.02 Å². The van der Waals surface area contributed by atoms with Crippen molar-refractivity contribution in [2.24, 2.45) is 0 Å². The van der Waals surface area contributed by atoms with Crippen LogP contribution in [0.25, 0.3) is 11.4 Å². The molecule has 0 unspecified atom stereocenters. The van der Waals surface area contributed by atoms with Gasteiger partial charge in [0.1, 0.15) is 5.82 Å². The maximum Gasteiger partial charge on any atom is 0.272 e. The van der Waals surface area contributed by atoms with Gasteiger partial charge in [-0.15, -0.1) is 10.2 Å². The summed E-state index contributed by atoms with van der Waals surface area (Å²) in [6.45, 7) is 0.500. The number of hydrogen-bond donors (Lipinski definition) is 2. The Morgan fingerprint density at radius 2 is 1.62 bits per heavy atom. The molecule has 0 aliphatic heterocycles. The molecule has 7 nitrogen and oxygen atoms in total. The van der Waals surface area contributed by atoms with E-state index in [9.17, 15) is 14.0 Å². The SMILES string of the molecule is O=C(CSc1nnc(-c2ccc(Cl)cc2)n1Cc1ccccc1)NNC(=O)c1ccccc1F. The number of carbonyl (C=O) groups excluding carboxylic acids is 2. The van der Waals surface area contributed by atoms with Crippen molar-refractivity contribution in [2.75, 3.05) is 5.75 Å². The Hall–Kier alpha value is -3.69. The highest BCUT2D eigenvalue weighted by atomic mass is 35.5. The largest absolute Gasteiger partial charge is 0.298 e. The summed E-state index contributed by atoms with van der Waals surface area (Å²) >= 11 is 7.19. The van der Waals surface area contributed by atoms with E-state index in [0.717, 1.165) is 11.1 Å². The van der Waals surface area contributed by atoms with Crippen LogP contribution >= 0.6 is 23.4 Å². The van der Waals surface area contributed by atoms with E-state index >= 15 is 0 Å². The summed E-state index contributed by atoms with van der Waals surface area (Å²) in [5, 5.41) is 9.73. The fourth-order valence-corrected chi connectivity index (χ4v) is 3.99. The van der Waals surface area contributed by atoms with Crippen molar-refractivity contribution < 1.29 is 14.0 Å². The lowest BCUT2D eigenvalue weighted by Crippen LogP contribution is -2.42. The second-order valence-corrected chi connectivity index (χ2v) is 8.53. The van der Waals surface area contributed by atoms with E-state index < -0.39 is 17.6 Å². The zero-order valence-corrected chi connectivity index (χ0v) is 19.3. The molecule has 4 rings (SSSR count). The molecule has 0 aliphatic rings. The molecule has 2 amide bonds. The van der Waals surface area contributed by atoms with E-state index in [-0.39, 0.29) is 11.3 Å². The number of halogens is 2. The average molecular weight is 496 g/mol. The highest BCUT2D eigenvalue weighted by Gasteiger charge is 2.17. The van der Waals surface area contributed by atoms with Crippen molar-refractivity contribution in [3.05, 3.63) is 101 Å². The highest BCUT2D eigenvalue weighted by Crippen LogP contribution is 2.26. The fraction of sp³-hybridized carbons (Fsp3) is 0.0833. The Morgan fingerprint density at radius 3 is 2.35 bits per heavy atom. The topological polar surface area (TPSA) is 88.9 Å². The number of hydrazine groups is 1. The third kappa shape index (κ3) is 5.81. The molecule has 0 bridgehead atoms. The van der Waals surface area contributed by atoms with E-state index in [1.165, 1.54) is 36.0 Å². The van der Waals surface area contributed by atoms with Crippen molar-refractivity contribution in [1.29, 1.82) is 0 Å². The van der Waals surface area contributed by atoms with Gasteiger partial charge < -0.3 is 0 Å². The third-order valence-electron chi connectivity index (χ3n) is 4.77. The predicted molar refractivity (Wildman–Crippen MR) is 129 cm³/mol. The normalized spacial score (nSPS) is 10.6. The van der Waals surface area contributed by atoms with Crippen LogP contribution in [0.15, 0.2) is 84.0 Å². The molecule has 3 aromatic carbocycles. The van der Waals surface area contributed by atoms with Crippen LogP contribution in [0.4, 0.5) is 4.39 Å². The van der Waals surface area contributed by atoms with E-state index in [1.54, 1.807) is 12.1 Å². The second kappa shape index (κ2) is 11.0. The van der Waals surface area contributed by atoms with Gasteiger partial charge in [-0.1, -0.05) is 65.8 Å². The number of aromatic nitrogens is 3. The number of thioether (sulfide) groups is 1. The molecule has 0 spiro atoms. The van der Waals surface area contributed by atoms with Crippen molar-refractivity contribution in [3.63, 3.8) is 0 Å². The first kappa shape index (κ1) is 23.5. The maximum absolute atomic E-state index is 13.7. The smallest absolute Gasteiger partial charge is 0.272 e. The molecule has 0 saturated heterocycles. The summed E-state index contributed by atoms with van der Waals surface area (Å²) in [5.74, 6) is -1.29. The molecule has 4 aromatic rings.